The molecule has 0 bridgehead atoms. The minimum atomic E-state index is -0.222. The summed E-state index contributed by atoms with van der Waals surface area (Å²) in [6, 6.07) is 0.565. The molecule has 8 heteroatoms. The van der Waals surface area contributed by atoms with Crippen LogP contribution in [0.25, 0.3) is 0 Å². The summed E-state index contributed by atoms with van der Waals surface area (Å²) in [4.78, 5) is 11.9. The largest absolute Gasteiger partial charge is 0.353 e. The highest BCUT2D eigenvalue weighted by molar-refractivity contribution is 8.00. The van der Waals surface area contributed by atoms with Crippen molar-refractivity contribution in [2.24, 2.45) is 0 Å². The zero-order valence-corrected chi connectivity index (χ0v) is 13.6. The smallest absolute Gasteiger partial charge is 0.233 e. The Hall–Kier alpha value is -1.15. The van der Waals surface area contributed by atoms with Crippen molar-refractivity contribution in [1.82, 2.24) is 30.8 Å². The fraction of sp³-hybridized carbons (Fsp3) is 0.833. The van der Waals surface area contributed by atoms with Crippen molar-refractivity contribution in [1.29, 1.82) is 0 Å². The second kappa shape index (κ2) is 8.21. The Morgan fingerprint density at radius 2 is 1.95 bits per heavy atom. The van der Waals surface area contributed by atoms with E-state index in [4.69, 9.17) is 0 Å². The Morgan fingerprint density at radius 3 is 2.55 bits per heavy atom. The molecule has 1 rings (SSSR count). The van der Waals surface area contributed by atoms with E-state index in [0.29, 0.717) is 17.7 Å². The van der Waals surface area contributed by atoms with Crippen molar-refractivity contribution in [3.63, 3.8) is 0 Å². The molecule has 0 aliphatic carbocycles. The van der Waals surface area contributed by atoms with Crippen molar-refractivity contribution >= 4 is 17.7 Å². The molecule has 0 aliphatic heterocycles. The molecule has 114 valence electrons. The first-order chi connectivity index (χ1) is 9.40. The number of carbonyl (C=O) groups is 1. The molecule has 1 aromatic heterocycles. The normalized spacial score (nSPS) is 12.9. The second-order valence-electron chi connectivity index (χ2n) is 5.22. The molecule has 7 nitrogen and oxygen atoms in total. The van der Waals surface area contributed by atoms with E-state index in [1.807, 2.05) is 20.8 Å². The standard InChI is InChI=1S/C12H24N6OS/c1-8(2)13-6-7-18-12(15-16-17-18)20-10(5)11(19)14-9(3)4/h8-10,13H,6-7H2,1-5H3,(H,14,19). The predicted molar refractivity (Wildman–Crippen MR) is 79.6 cm³/mol. The van der Waals surface area contributed by atoms with E-state index in [2.05, 4.69) is 40.0 Å². The molecule has 0 spiro atoms. The fourth-order valence-electron chi connectivity index (χ4n) is 1.49. The monoisotopic (exact) mass is 300 g/mol. The number of rotatable bonds is 8. The van der Waals surface area contributed by atoms with Gasteiger partial charge in [-0.15, -0.1) is 5.10 Å². The van der Waals surface area contributed by atoms with Gasteiger partial charge < -0.3 is 10.6 Å². The van der Waals surface area contributed by atoms with Gasteiger partial charge in [0.2, 0.25) is 11.1 Å². The number of tetrazole rings is 1. The van der Waals surface area contributed by atoms with Crippen LogP contribution in [-0.4, -0.2) is 50.0 Å². The topological polar surface area (TPSA) is 84.7 Å². The van der Waals surface area contributed by atoms with Crippen LogP contribution in [-0.2, 0) is 11.3 Å². The van der Waals surface area contributed by atoms with Crippen LogP contribution >= 0.6 is 11.8 Å². The maximum absolute atomic E-state index is 11.9. The average Bonchev–Trinajstić information content (AvgIpc) is 2.75. The maximum atomic E-state index is 11.9. The van der Waals surface area contributed by atoms with Crippen LogP contribution in [0.1, 0.15) is 34.6 Å². The predicted octanol–water partition coefficient (Wildman–Crippen LogP) is 0.676. The fourth-order valence-corrected chi connectivity index (χ4v) is 2.32. The summed E-state index contributed by atoms with van der Waals surface area (Å²) in [5.41, 5.74) is 0. The number of hydrogen-bond donors (Lipinski definition) is 2. The third-order valence-corrected chi connectivity index (χ3v) is 3.53. The summed E-state index contributed by atoms with van der Waals surface area (Å²) < 4.78 is 1.72. The van der Waals surface area contributed by atoms with E-state index in [1.165, 1.54) is 11.8 Å². The molecule has 0 aliphatic rings. The van der Waals surface area contributed by atoms with Gasteiger partial charge in [-0.3, -0.25) is 4.79 Å². The van der Waals surface area contributed by atoms with Crippen LogP contribution in [0, 0.1) is 0 Å². The van der Waals surface area contributed by atoms with E-state index in [9.17, 15) is 4.79 Å². The lowest BCUT2D eigenvalue weighted by Gasteiger charge is -2.14. The molecule has 2 N–H and O–H groups in total. The molecule has 1 unspecified atom stereocenters. The Kier molecular flexibility index (Phi) is 6.94. The van der Waals surface area contributed by atoms with Gasteiger partial charge in [-0.05, 0) is 31.2 Å². The van der Waals surface area contributed by atoms with E-state index in [-0.39, 0.29) is 17.2 Å². The maximum Gasteiger partial charge on any atom is 0.233 e. The Bertz CT molecular complexity index is 420. The molecule has 1 atom stereocenters. The van der Waals surface area contributed by atoms with Gasteiger partial charge in [0.1, 0.15) is 0 Å². The van der Waals surface area contributed by atoms with Gasteiger partial charge in [0.15, 0.2) is 0 Å². The average molecular weight is 300 g/mol. The third kappa shape index (κ3) is 5.87. The summed E-state index contributed by atoms with van der Waals surface area (Å²) in [5.74, 6) is -0.000134. The first-order valence-corrected chi connectivity index (χ1v) is 7.74. The van der Waals surface area contributed by atoms with Crippen molar-refractivity contribution in [2.75, 3.05) is 6.54 Å². The lowest BCUT2D eigenvalue weighted by Crippen LogP contribution is -2.36. The van der Waals surface area contributed by atoms with Gasteiger partial charge in [0, 0.05) is 18.6 Å². The van der Waals surface area contributed by atoms with E-state index >= 15 is 0 Å². The molecule has 1 aromatic rings. The van der Waals surface area contributed by atoms with Crippen LogP contribution in [0.2, 0.25) is 0 Å². The Labute approximate surface area is 124 Å². The van der Waals surface area contributed by atoms with Crippen molar-refractivity contribution in [3.05, 3.63) is 0 Å². The van der Waals surface area contributed by atoms with Gasteiger partial charge >= 0.3 is 0 Å². The lowest BCUT2D eigenvalue weighted by molar-refractivity contribution is -0.120. The first kappa shape index (κ1) is 16.9. The molecule has 0 saturated carbocycles. The van der Waals surface area contributed by atoms with E-state index < -0.39 is 0 Å². The van der Waals surface area contributed by atoms with Gasteiger partial charge in [-0.1, -0.05) is 25.6 Å². The number of amides is 1. The molecule has 0 saturated heterocycles. The minimum Gasteiger partial charge on any atom is -0.353 e. The van der Waals surface area contributed by atoms with Crippen LogP contribution in [0.15, 0.2) is 5.16 Å². The lowest BCUT2D eigenvalue weighted by atomic mass is 10.3. The van der Waals surface area contributed by atoms with Crippen LogP contribution in [0.5, 0.6) is 0 Å². The highest BCUT2D eigenvalue weighted by Crippen LogP contribution is 2.20. The highest BCUT2D eigenvalue weighted by atomic mass is 32.2. The van der Waals surface area contributed by atoms with Crippen molar-refractivity contribution < 1.29 is 4.79 Å². The number of nitrogens with one attached hydrogen (secondary N) is 2. The Morgan fingerprint density at radius 1 is 1.25 bits per heavy atom. The molecule has 0 radical (unpaired) electrons. The Balaban J connectivity index is 2.51. The molecule has 1 amide bonds. The summed E-state index contributed by atoms with van der Waals surface area (Å²) >= 11 is 1.37. The summed E-state index contributed by atoms with van der Waals surface area (Å²) in [7, 11) is 0. The van der Waals surface area contributed by atoms with E-state index in [0.717, 1.165) is 6.54 Å². The molecular weight excluding hydrogens is 276 g/mol. The van der Waals surface area contributed by atoms with Crippen molar-refractivity contribution in [2.45, 2.75) is 63.7 Å². The zero-order chi connectivity index (χ0) is 15.1. The SMILES string of the molecule is CC(C)NCCn1nnnc1SC(C)C(=O)NC(C)C. The number of nitrogens with zero attached hydrogens (tertiary/aromatic N) is 4. The molecule has 20 heavy (non-hydrogen) atoms. The summed E-state index contributed by atoms with van der Waals surface area (Å²) in [6.45, 7) is 11.4. The van der Waals surface area contributed by atoms with Crippen LogP contribution < -0.4 is 10.6 Å². The highest BCUT2D eigenvalue weighted by Gasteiger charge is 2.18. The second-order valence-corrected chi connectivity index (χ2v) is 6.52. The number of hydrogen-bond acceptors (Lipinski definition) is 6. The molecular formula is C12H24N6OS. The molecule has 0 fully saturated rings. The van der Waals surface area contributed by atoms with Gasteiger partial charge in [-0.25, -0.2) is 4.68 Å². The zero-order valence-electron chi connectivity index (χ0n) is 12.8. The van der Waals surface area contributed by atoms with Crippen molar-refractivity contribution in [3.8, 4) is 0 Å². The first-order valence-electron chi connectivity index (χ1n) is 6.86. The van der Waals surface area contributed by atoms with Crippen LogP contribution in [0.4, 0.5) is 0 Å². The van der Waals surface area contributed by atoms with E-state index in [1.54, 1.807) is 4.68 Å². The van der Waals surface area contributed by atoms with Crippen LogP contribution in [0.3, 0.4) is 0 Å². The summed E-state index contributed by atoms with van der Waals surface area (Å²) in [6.07, 6.45) is 0. The quantitative estimate of drug-likeness (QED) is 0.687. The molecule has 1 heterocycles. The minimum absolute atomic E-state index is 0.000134. The molecule has 0 aromatic carbocycles. The van der Waals surface area contributed by atoms with Gasteiger partial charge in [0.05, 0.1) is 11.8 Å². The number of thioether (sulfide) groups is 1. The summed E-state index contributed by atoms with van der Waals surface area (Å²) in [5, 5.41) is 18.2. The number of carbonyl (C=O) groups excluding carboxylic acids is 1. The third-order valence-electron chi connectivity index (χ3n) is 2.46. The van der Waals surface area contributed by atoms with Gasteiger partial charge in [-0.2, -0.15) is 0 Å². The number of aromatic nitrogens is 4. The van der Waals surface area contributed by atoms with Gasteiger partial charge in [0.25, 0.3) is 0 Å².